The molecule has 0 fully saturated rings. The van der Waals surface area contributed by atoms with Crippen LogP contribution in [0.5, 0.6) is 0 Å². The molecule has 1 aromatic rings. The van der Waals surface area contributed by atoms with Crippen LogP contribution in [0.4, 0.5) is 39.5 Å². The van der Waals surface area contributed by atoms with E-state index in [4.69, 9.17) is 15.3 Å². The maximum atomic E-state index is 12.6. The van der Waals surface area contributed by atoms with Gasteiger partial charge in [0.25, 0.3) is 0 Å². The Labute approximate surface area is 159 Å². The number of halogens is 9. The fraction of sp³-hybridized carbons (Fsp3) is 0.545. The molecule has 0 spiro atoms. The van der Waals surface area contributed by atoms with Crippen molar-refractivity contribution in [1.29, 1.82) is 0 Å². The van der Waals surface area contributed by atoms with Gasteiger partial charge in [0.05, 0.1) is 0 Å². The van der Waals surface area contributed by atoms with Gasteiger partial charge in [-0.2, -0.15) is 0 Å². The minimum absolute atomic E-state index is 0. The largest absolute Gasteiger partial charge is 0 e. The molecule has 0 bridgehead atoms. The Bertz CT molecular complexity index is 380. The van der Waals surface area contributed by atoms with Gasteiger partial charge in [-0.3, -0.25) is 0 Å². The Morgan fingerprint density at radius 1 is 0.600 bits per heavy atom. The maximum Gasteiger partial charge on any atom is 0 e. The van der Waals surface area contributed by atoms with Gasteiger partial charge >= 0.3 is 96.5 Å². The van der Waals surface area contributed by atoms with Gasteiger partial charge in [-0.1, -0.05) is 0 Å². The molecular weight excluding hydrogens is 515 g/mol. The summed E-state index contributed by atoms with van der Waals surface area (Å²) in [4.78, 5) is 0. The second kappa shape index (κ2) is 13.2. The molecule has 150 valence electrons. The summed E-state index contributed by atoms with van der Waals surface area (Å²) in [7, 11) is 3.00. The number of alkyl halides is 9. The van der Waals surface area contributed by atoms with E-state index in [1.165, 1.54) is 0 Å². The molecule has 0 saturated heterocycles. The third-order valence-electron chi connectivity index (χ3n) is 2.37. The van der Waals surface area contributed by atoms with Crippen LogP contribution in [-0.2, 0) is 26.2 Å². The van der Waals surface area contributed by atoms with Gasteiger partial charge in [0.2, 0.25) is 0 Å². The predicted octanol–water partition coefficient (Wildman–Crippen LogP) is 2.19. The number of aliphatic hydroxyl groups is 3. The molecule has 0 atom stereocenters. The van der Waals surface area contributed by atoms with Crippen molar-refractivity contribution < 1.29 is 81.0 Å². The van der Waals surface area contributed by atoms with E-state index in [0.717, 1.165) is 33.5 Å². The van der Waals surface area contributed by atoms with Crippen molar-refractivity contribution in [3.05, 3.63) is 24.3 Å². The summed E-state index contributed by atoms with van der Waals surface area (Å²) in [6, 6.07) is 1.90. The van der Waals surface area contributed by atoms with Crippen LogP contribution in [0.1, 0.15) is 0 Å². The molecule has 0 aromatic heterocycles. The van der Waals surface area contributed by atoms with Gasteiger partial charge in [-0.15, -0.1) is 0 Å². The standard InChI is InChI=1S/C8H4F9Ge.3CH4O.Zr/c9-6(10,11)18(7(12,13)14,8(15,16)17)5-3-1-2-4-5;3*1-2;/h1-4H;3*2H,1H3;/q-1;;;;. The number of hydrogen-bond donors (Lipinski definition) is 3. The molecule has 1 aromatic carbocycles. The van der Waals surface area contributed by atoms with Crippen molar-refractivity contribution in [3.63, 3.8) is 0 Å². The van der Waals surface area contributed by atoms with Crippen molar-refractivity contribution in [2.45, 2.75) is 15.0 Å². The smallest absolute Gasteiger partial charge is 0 e. The van der Waals surface area contributed by atoms with Crippen LogP contribution in [0.25, 0.3) is 0 Å². The molecular formula is C11H16F9GeO3Zr-. The van der Waals surface area contributed by atoms with Crippen molar-refractivity contribution >= 4 is 17.7 Å². The van der Waals surface area contributed by atoms with Crippen LogP contribution in [-0.4, -0.2) is 64.9 Å². The van der Waals surface area contributed by atoms with Crippen molar-refractivity contribution in [2.24, 2.45) is 0 Å². The summed E-state index contributed by atoms with van der Waals surface area (Å²) in [5.74, 6) is 0. The van der Waals surface area contributed by atoms with E-state index in [1.807, 2.05) is 0 Å². The van der Waals surface area contributed by atoms with E-state index >= 15 is 0 Å². The number of aliphatic hydroxyl groups excluding tert-OH is 3. The Morgan fingerprint density at radius 2 is 0.800 bits per heavy atom. The van der Waals surface area contributed by atoms with Crippen molar-refractivity contribution in [2.75, 3.05) is 21.3 Å². The molecule has 0 unspecified atom stereocenters. The monoisotopic (exact) mass is 531 g/mol. The molecule has 1 rings (SSSR count). The Morgan fingerprint density at radius 3 is 0.960 bits per heavy atom. The van der Waals surface area contributed by atoms with E-state index in [0.29, 0.717) is 0 Å². The quantitative estimate of drug-likeness (QED) is 0.296. The molecule has 0 amide bonds. The van der Waals surface area contributed by atoms with E-state index < -0.39 is 32.7 Å². The van der Waals surface area contributed by atoms with Crippen LogP contribution in [0, 0.1) is 0 Å². The molecule has 3 nitrogen and oxygen atoms in total. The van der Waals surface area contributed by atoms with Gasteiger partial charge in [-0.05, 0) is 0 Å². The van der Waals surface area contributed by atoms with Gasteiger partial charge in [0, 0.05) is 47.5 Å². The summed E-state index contributed by atoms with van der Waals surface area (Å²) in [6.07, 6.45) is 0. The molecule has 14 heteroatoms. The minimum Gasteiger partial charge on any atom is 0 e. The second-order valence-electron chi connectivity index (χ2n) is 3.42. The van der Waals surface area contributed by atoms with E-state index in [2.05, 4.69) is 0 Å². The third-order valence-corrected chi connectivity index (χ3v) is 10.2. The molecule has 0 radical (unpaired) electrons. The van der Waals surface area contributed by atoms with Crippen LogP contribution >= 0.6 is 0 Å². The first-order chi connectivity index (χ1) is 10.9. The first-order valence-corrected chi connectivity index (χ1v) is 9.82. The SMILES string of the molecule is CO.CO.CO.F[C](F)(F)[Ge]([c-]1cccc1)([C](F)(F)F)[C](F)(F)F.[Zr]. The van der Waals surface area contributed by atoms with Gasteiger partial charge in [-0.25, -0.2) is 0 Å². The summed E-state index contributed by atoms with van der Waals surface area (Å²) < 4.78 is 111. The van der Waals surface area contributed by atoms with Gasteiger partial charge < -0.3 is 15.3 Å². The van der Waals surface area contributed by atoms with Gasteiger partial charge in [0.1, 0.15) is 0 Å². The van der Waals surface area contributed by atoms with Crippen molar-refractivity contribution in [1.82, 2.24) is 0 Å². The summed E-state index contributed by atoms with van der Waals surface area (Å²) in [5.41, 5.74) is 0. The fourth-order valence-electron chi connectivity index (χ4n) is 1.60. The Balaban J connectivity index is -0.000000284. The molecule has 0 aliphatic heterocycles. The predicted molar refractivity (Wildman–Crippen MR) is 70.0 cm³/mol. The third kappa shape index (κ3) is 7.28. The number of rotatable bonds is 1. The minimum atomic E-state index is -8.38. The van der Waals surface area contributed by atoms with E-state index in [9.17, 15) is 39.5 Å². The van der Waals surface area contributed by atoms with Crippen molar-refractivity contribution in [3.8, 4) is 0 Å². The van der Waals surface area contributed by atoms with E-state index in [1.54, 1.807) is 0 Å². The first kappa shape index (κ1) is 32.7. The van der Waals surface area contributed by atoms with Gasteiger partial charge in [0.15, 0.2) is 0 Å². The topological polar surface area (TPSA) is 60.7 Å². The zero-order chi connectivity index (χ0) is 20.4. The fourth-order valence-corrected chi connectivity index (χ4v) is 7.13. The zero-order valence-corrected chi connectivity index (χ0v) is 17.6. The summed E-state index contributed by atoms with van der Waals surface area (Å²) in [6.45, 7) is 0. The molecule has 0 aliphatic carbocycles. The zero-order valence-electron chi connectivity index (χ0n) is 13.1. The number of hydrogen-bond acceptors (Lipinski definition) is 3. The van der Waals surface area contributed by atoms with Crippen LogP contribution in [0.2, 0.25) is 0 Å². The second-order valence-corrected chi connectivity index (χ2v) is 11.3. The van der Waals surface area contributed by atoms with Crippen LogP contribution in [0.15, 0.2) is 24.3 Å². The Hall–Kier alpha value is 0.0260. The summed E-state index contributed by atoms with van der Waals surface area (Å²) >= 11 is -8.38. The summed E-state index contributed by atoms with van der Waals surface area (Å²) in [5, 5.41) is 1.93. The molecule has 25 heavy (non-hydrogen) atoms. The van der Waals surface area contributed by atoms with Crippen LogP contribution < -0.4 is 4.40 Å². The molecule has 0 aliphatic rings. The average molecular weight is 531 g/mol. The van der Waals surface area contributed by atoms with Crippen LogP contribution in [0.3, 0.4) is 0 Å². The first-order valence-electron chi connectivity index (χ1n) is 5.62. The molecule has 0 saturated carbocycles. The van der Waals surface area contributed by atoms with E-state index in [-0.39, 0.29) is 38.3 Å². The molecule has 3 N–H and O–H groups in total. The Kier molecular flexibility index (Phi) is 17.3. The maximum absolute atomic E-state index is 12.6. The average Bonchev–Trinajstić information content (AvgIpc) is 2.95. The normalized spacial score (nSPS) is 11.5. The molecule has 0 heterocycles.